The van der Waals surface area contributed by atoms with Gasteiger partial charge in [-0.3, -0.25) is 0 Å². The third-order valence-corrected chi connectivity index (χ3v) is 13.7. The number of carbonyl (C=O) groups excluding carboxylic acids is 1. The van der Waals surface area contributed by atoms with E-state index in [9.17, 15) is 4.79 Å². The van der Waals surface area contributed by atoms with Crippen molar-refractivity contribution in [2.24, 2.45) is 4.99 Å². The summed E-state index contributed by atoms with van der Waals surface area (Å²) in [7, 11) is 4.10. The normalized spacial score (nSPS) is 12.6. The Bertz CT molecular complexity index is 1500. The van der Waals surface area contributed by atoms with E-state index in [1.807, 2.05) is 50.5 Å². The number of esters is 1. The molecule has 0 atom stereocenters. The lowest BCUT2D eigenvalue weighted by atomic mass is 10.1. The first-order valence-electron chi connectivity index (χ1n) is 28.9. The molecule has 2 aromatic carbocycles. The van der Waals surface area contributed by atoms with Crippen LogP contribution in [-0.4, -0.2) is 68.7 Å². The molecule has 1 saturated heterocycles. The van der Waals surface area contributed by atoms with E-state index in [-0.39, 0.29) is 0 Å². The van der Waals surface area contributed by atoms with Gasteiger partial charge in [-0.05, 0) is 43.5 Å². The van der Waals surface area contributed by atoms with Crippen LogP contribution < -0.4 is 18.9 Å². The third-order valence-electron chi connectivity index (χ3n) is 13.7. The Kier molecular flexibility index (Phi) is 34.9. The van der Waals surface area contributed by atoms with Crippen molar-refractivity contribution in [2.75, 3.05) is 47.0 Å². The maximum Gasteiger partial charge on any atom is 0.343 e. The van der Waals surface area contributed by atoms with Crippen molar-refractivity contribution in [3.05, 3.63) is 42.0 Å². The molecule has 68 heavy (non-hydrogen) atoms. The summed E-state index contributed by atoms with van der Waals surface area (Å²) in [6, 6.07) is 11.1. The summed E-state index contributed by atoms with van der Waals surface area (Å²) in [4.78, 5) is 23.2. The van der Waals surface area contributed by atoms with E-state index in [1.54, 1.807) is 0 Å². The van der Waals surface area contributed by atoms with Gasteiger partial charge in [0.05, 0.1) is 31.1 Å². The van der Waals surface area contributed by atoms with Crippen molar-refractivity contribution in [1.82, 2.24) is 9.80 Å². The number of aliphatic imine (C=N–C) groups is 1. The predicted octanol–water partition coefficient (Wildman–Crippen LogP) is 18.0. The molecule has 0 aliphatic carbocycles. The molecule has 1 heterocycles. The van der Waals surface area contributed by atoms with Gasteiger partial charge in [0.15, 0.2) is 11.5 Å². The molecule has 0 radical (unpaired) electrons. The van der Waals surface area contributed by atoms with Crippen LogP contribution in [0.5, 0.6) is 23.0 Å². The standard InChI is InChI=1S/C60H103N3O5/c1-6-9-12-15-18-21-24-27-30-33-36-39-47-65-56-50-53(59(64)68-55-44-42-43-54(52-55)61-60-62(4)45-46-63(60)5)51-57(66-48-40-37-34-31-28-25-22-19-16-13-10-7-2)58(56)67-49-41-38-35-32-29-26-23-20-17-14-11-8-3/h42-44,50-52H,6-41,45-49H2,1-5H3. The van der Waals surface area contributed by atoms with Gasteiger partial charge in [-0.15, -0.1) is 0 Å². The Morgan fingerprint density at radius 1 is 0.456 bits per heavy atom. The van der Waals surface area contributed by atoms with Crippen molar-refractivity contribution in [1.29, 1.82) is 0 Å². The number of guanidine groups is 1. The van der Waals surface area contributed by atoms with E-state index >= 15 is 0 Å². The lowest BCUT2D eigenvalue weighted by molar-refractivity contribution is 0.0733. The fourth-order valence-electron chi connectivity index (χ4n) is 9.28. The summed E-state index contributed by atoms with van der Waals surface area (Å²) >= 11 is 0. The lowest BCUT2D eigenvalue weighted by Gasteiger charge is -2.19. The summed E-state index contributed by atoms with van der Waals surface area (Å²) in [6.45, 7) is 10.4. The van der Waals surface area contributed by atoms with E-state index in [1.165, 1.54) is 193 Å². The Hall–Kier alpha value is -3.42. The van der Waals surface area contributed by atoms with Crippen LogP contribution in [0.1, 0.15) is 262 Å². The van der Waals surface area contributed by atoms with Crippen LogP contribution >= 0.6 is 0 Å². The summed E-state index contributed by atoms with van der Waals surface area (Å²) in [5.41, 5.74) is 1.13. The summed E-state index contributed by atoms with van der Waals surface area (Å²) < 4.78 is 25.8. The molecule has 0 aromatic heterocycles. The van der Waals surface area contributed by atoms with Crippen LogP contribution in [-0.2, 0) is 0 Å². The van der Waals surface area contributed by atoms with Gasteiger partial charge in [0, 0.05) is 33.3 Å². The zero-order valence-electron chi connectivity index (χ0n) is 44.8. The van der Waals surface area contributed by atoms with Gasteiger partial charge in [-0.1, -0.05) is 239 Å². The van der Waals surface area contributed by atoms with Gasteiger partial charge in [0.1, 0.15) is 5.75 Å². The minimum Gasteiger partial charge on any atom is -0.490 e. The fraction of sp³-hybridized carbons (Fsp3) is 0.767. The van der Waals surface area contributed by atoms with Crippen molar-refractivity contribution < 1.29 is 23.7 Å². The Balaban J connectivity index is 1.66. The topological polar surface area (TPSA) is 72.8 Å². The molecule has 0 saturated carbocycles. The Morgan fingerprint density at radius 2 is 0.794 bits per heavy atom. The Morgan fingerprint density at radius 3 is 1.16 bits per heavy atom. The second kappa shape index (κ2) is 40.3. The SMILES string of the molecule is CCCCCCCCCCCCCCOc1cc(C(=O)Oc2cccc(N=C3N(C)CCN3C)c2)cc(OCCCCCCCCCCCCCC)c1OCCCCCCCCCCCCCC. The number of likely N-dealkylation sites (N-methyl/N-ethyl adjacent to an activating group) is 2. The van der Waals surface area contributed by atoms with Gasteiger partial charge >= 0.3 is 5.97 Å². The van der Waals surface area contributed by atoms with Crippen molar-refractivity contribution in [3.63, 3.8) is 0 Å². The first-order chi connectivity index (χ1) is 33.5. The molecule has 0 N–H and O–H groups in total. The highest BCUT2D eigenvalue weighted by molar-refractivity contribution is 5.93. The molecule has 1 aliphatic rings. The van der Waals surface area contributed by atoms with Gasteiger partial charge in [-0.2, -0.15) is 0 Å². The zero-order valence-corrected chi connectivity index (χ0v) is 44.8. The fourth-order valence-corrected chi connectivity index (χ4v) is 9.28. The number of benzene rings is 2. The second-order valence-corrected chi connectivity index (χ2v) is 20.2. The molecule has 2 aromatic rings. The van der Waals surface area contributed by atoms with Gasteiger partial charge < -0.3 is 28.7 Å². The van der Waals surface area contributed by atoms with Gasteiger partial charge in [0.2, 0.25) is 11.7 Å². The van der Waals surface area contributed by atoms with Gasteiger partial charge in [0.25, 0.3) is 0 Å². The largest absolute Gasteiger partial charge is 0.490 e. The third kappa shape index (κ3) is 27.7. The summed E-state index contributed by atoms with van der Waals surface area (Å²) in [5, 5.41) is 0. The highest BCUT2D eigenvalue weighted by atomic mass is 16.5. The van der Waals surface area contributed by atoms with E-state index < -0.39 is 5.97 Å². The quantitative estimate of drug-likeness (QED) is 0.0372. The molecule has 1 fully saturated rings. The van der Waals surface area contributed by atoms with E-state index in [4.69, 9.17) is 23.9 Å². The highest BCUT2D eigenvalue weighted by Gasteiger charge is 2.22. The lowest BCUT2D eigenvalue weighted by Crippen LogP contribution is -2.27. The van der Waals surface area contributed by atoms with Crippen LogP contribution in [0.3, 0.4) is 0 Å². The van der Waals surface area contributed by atoms with Crippen LogP contribution in [0.25, 0.3) is 0 Å². The second-order valence-electron chi connectivity index (χ2n) is 20.2. The van der Waals surface area contributed by atoms with Crippen LogP contribution in [0, 0.1) is 0 Å². The number of nitrogens with zero attached hydrogens (tertiary/aromatic N) is 3. The van der Waals surface area contributed by atoms with Crippen molar-refractivity contribution in [3.8, 4) is 23.0 Å². The number of carbonyl (C=O) groups is 1. The zero-order chi connectivity index (χ0) is 48.5. The average Bonchev–Trinajstić information content (AvgIpc) is 3.66. The highest BCUT2D eigenvalue weighted by Crippen LogP contribution is 2.40. The number of hydrogen-bond donors (Lipinski definition) is 0. The number of rotatable bonds is 45. The molecule has 1 aliphatic heterocycles. The van der Waals surface area contributed by atoms with Crippen molar-refractivity contribution in [2.45, 2.75) is 252 Å². The molecule has 8 heteroatoms. The molecular weight excluding hydrogens is 843 g/mol. The van der Waals surface area contributed by atoms with Crippen molar-refractivity contribution >= 4 is 17.6 Å². The van der Waals surface area contributed by atoms with Crippen LogP contribution in [0.4, 0.5) is 5.69 Å². The molecule has 8 nitrogen and oxygen atoms in total. The number of unbranched alkanes of at least 4 members (excludes halogenated alkanes) is 33. The molecule has 3 rings (SSSR count). The first-order valence-corrected chi connectivity index (χ1v) is 28.9. The molecule has 0 bridgehead atoms. The minimum atomic E-state index is -0.456. The monoisotopic (exact) mass is 946 g/mol. The number of ether oxygens (including phenoxy) is 4. The molecule has 388 valence electrons. The van der Waals surface area contributed by atoms with Crippen LogP contribution in [0.2, 0.25) is 0 Å². The number of hydrogen-bond acceptors (Lipinski definition) is 6. The first kappa shape index (κ1) is 58.9. The minimum absolute atomic E-state index is 0.393. The summed E-state index contributed by atoms with van der Waals surface area (Å²) in [5.74, 6) is 2.65. The smallest absolute Gasteiger partial charge is 0.343 e. The predicted molar refractivity (Wildman–Crippen MR) is 290 cm³/mol. The maximum atomic E-state index is 14.0. The van der Waals surface area contributed by atoms with Gasteiger partial charge in [-0.25, -0.2) is 9.79 Å². The Labute approximate surface area is 418 Å². The van der Waals surface area contributed by atoms with E-state index in [2.05, 4.69) is 30.6 Å². The molecule has 0 amide bonds. The van der Waals surface area contributed by atoms with Crippen LogP contribution in [0.15, 0.2) is 41.4 Å². The maximum absolute atomic E-state index is 14.0. The molecular formula is C60H103N3O5. The average molecular weight is 946 g/mol. The molecule has 0 unspecified atom stereocenters. The molecule has 0 spiro atoms. The summed E-state index contributed by atoms with van der Waals surface area (Å²) in [6.07, 6.45) is 46.5. The van der Waals surface area contributed by atoms with E-state index in [0.29, 0.717) is 48.4 Å². The van der Waals surface area contributed by atoms with E-state index in [0.717, 1.165) is 63.3 Å².